The second-order valence-electron chi connectivity index (χ2n) is 5.34. The summed E-state index contributed by atoms with van der Waals surface area (Å²) in [6.45, 7) is 3.89. The van der Waals surface area contributed by atoms with Crippen molar-refractivity contribution in [3.05, 3.63) is 58.1 Å². The molecule has 0 unspecified atom stereocenters. The van der Waals surface area contributed by atoms with Crippen molar-refractivity contribution >= 4 is 35.3 Å². The number of aryl methyl sites for hydroxylation is 2. The smallest absolute Gasteiger partial charge is 0.329 e. The molecule has 130 valence electrons. The van der Waals surface area contributed by atoms with Gasteiger partial charge < -0.3 is 10.1 Å². The number of nitrogens with one attached hydrogen (secondary N) is 2. The number of hydrogen-bond donors (Lipinski definition) is 2. The summed E-state index contributed by atoms with van der Waals surface area (Å²) in [5.74, 6) is -1.14. The quantitative estimate of drug-likeness (QED) is 0.500. The highest BCUT2D eigenvalue weighted by Crippen LogP contribution is 2.20. The predicted octanol–water partition coefficient (Wildman–Crippen LogP) is 3.05. The van der Waals surface area contributed by atoms with Crippen LogP contribution in [0.3, 0.4) is 0 Å². The van der Waals surface area contributed by atoms with Gasteiger partial charge in [-0.1, -0.05) is 17.7 Å². The summed E-state index contributed by atoms with van der Waals surface area (Å²) in [6, 6.07) is 10.4. The van der Waals surface area contributed by atoms with Gasteiger partial charge >= 0.3 is 11.8 Å². The number of anilines is 1. The Balaban J connectivity index is 1.98. The van der Waals surface area contributed by atoms with Crippen LogP contribution in [0.2, 0.25) is 5.02 Å². The summed E-state index contributed by atoms with van der Waals surface area (Å²) < 4.78 is 5.16. The zero-order valence-electron chi connectivity index (χ0n) is 14.1. The fraction of sp³-hybridized carbons (Fsp3) is 0.167. The molecule has 0 spiro atoms. The maximum atomic E-state index is 11.9. The molecule has 0 aliphatic heterocycles. The number of carbonyl (C=O) groups is 2. The molecule has 7 heteroatoms. The van der Waals surface area contributed by atoms with Gasteiger partial charge in [-0.05, 0) is 55.3 Å². The molecule has 0 heterocycles. The molecule has 0 saturated carbocycles. The highest BCUT2D eigenvalue weighted by Gasteiger charge is 2.13. The second-order valence-corrected chi connectivity index (χ2v) is 5.77. The number of hydrogen-bond acceptors (Lipinski definition) is 4. The number of benzene rings is 2. The van der Waals surface area contributed by atoms with E-state index in [9.17, 15) is 9.59 Å². The van der Waals surface area contributed by atoms with E-state index in [-0.39, 0.29) is 0 Å². The van der Waals surface area contributed by atoms with E-state index in [0.29, 0.717) is 22.0 Å². The topological polar surface area (TPSA) is 79.8 Å². The van der Waals surface area contributed by atoms with Gasteiger partial charge in [0.15, 0.2) is 0 Å². The van der Waals surface area contributed by atoms with Crippen LogP contribution in [0.25, 0.3) is 0 Å². The lowest BCUT2D eigenvalue weighted by atomic mass is 10.1. The Morgan fingerprint density at radius 3 is 2.52 bits per heavy atom. The van der Waals surface area contributed by atoms with Gasteiger partial charge in [-0.25, -0.2) is 5.43 Å². The Morgan fingerprint density at radius 2 is 1.84 bits per heavy atom. The summed E-state index contributed by atoms with van der Waals surface area (Å²) in [5, 5.41) is 6.78. The molecule has 2 rings (SSSR count). The summed E-state index contributed by atoms with van der Waals surface area (Å²) in [7, 11) is 1.51. The lowest BCUT2D eigenvalue weighted by Crippen LogP contribution is -2.32. The van der Waals surface area contributed by atoms with Gasteiger partial charge in [0, 0.05) is 16.3 Å². The molecule has 0 aliphatic carbocycles. The molecule has 0 saturated heterocycles. The van der Waals surface area contributed by atoms with Crippen LogP contribution < -0.4 is 15.5 Å². The molecule has 2 aromatic rings. The van der Waals surface area contributed by atoms with Crippen molar-refractivity contribution in [3.63, 3.8) is 0 Å². The first kappa shape index (κ1) is 18.5. The van der Waals surface area contributed by atoms with Crippen LogP contribution in [0, 0.1) is 13.8 Å². The molecule has 0 bridgehead atoms. The van der Waals surface area contributed by atoms with E-state index in [1.54, 1.807) is 30.3 Å². The Bertz CT molecular complexity index is 834. The molecule has 0 radical (unpaired) electrons. The zero-order valence-corrected chi connectivity index (χ0v) is 14.8. The van der Waals surface area contributed by atoms with Crippen LogP contribution in [0.5, 0.6) is 5.75 Å². The minimum Gasteiger partial charge on any atom is -0.496 e. The van der Waals surface area contributed by atoms with Crippen molar-refractivity contribution in [2.24, 2.45) is 5.10 Å². The summed E-state index contributed by atoms with van der Waals surface area (Å²) in [6.07, 6.45) is 1.35. The molecule has 0 fully saturated rings. The van der Waals surface area contributed by atoms with Gasteiger partial charge in [-0.3, -0.25) is 9.59 Å². The van der Waals surface area contributed by atoms with Gasteiger partial charge in [-0.15, -0.1) is 0 Å². The molecular weight excluding hydrogens is 342 g/mol. The average Bonchev–Trinajstić information content (AvgIpc) is 2.58. The van der Waals surface area contributed by atoms with Crippen LogP contribution in [-0.4, -0.2) is 25.1 Å². The molecule has 2 amide bonds. The SMILES string of the molecule is COc1ccc(Cl)cc1/C=N\NC(=O)C(=O)Nc1ccc(C)c(C)c1. The maximum absolute atomic E-state index is 11.9. The number of ether oxygens (including phenoxy) is 1. The third kappa shape index (κ3) is 5.06. The van der Waals surface area contributed by atoms with E-state index < -0.39 is 11.8 Å². The fourth-order valence-electron chi connectivity index (χ4n) is 2.02. The standard InChI is InChI=1S/C18H18ClN3O3/c1-11-4-6-15(8-12(11)2)21-17(23)18(24)22-20-10-13-9-14(19)5-7-16(13)25-3/h4-10H,1-3H3,(H,21,23)(H,22,24)/b20-10-. The Kier molecular flexibility index (Phi) is 6.14. The third-order valence-electron chi connectivity index (χ3n) is 3.53. The van der Waals surface area contributed by atoms with Crippen LogP contribution >= 0.6 is 11.6 Å². The maximum Gasteiger partial charge on any atom is 0.329 e. The van der Waals surface area contributed by atoms with E-state index in [1.165, 1.54) is 13.3 Å². The molecule has 2 N–H and O–H groups in total. The first-order valence-electron chi connectivity index (χ1n) is 7.46. The lowest BCUT2D eigenvalue weighted by molar-refractivity contribution is -0.136. The number of halogens is 1. The lowest BCUT2D eigenvalue weighted by Gasteiger charge is -2.07. The number of methoxy groups -OCH3 is 1. The fourth-order valence-corrected chi connectivity index (χ4v) is 2.20. The van der Waals surface area contributed by atoms with Gasteiger partial charge in [-0.2, -0.15) is 5.10 Å². The molecule has 0 aliphatic rings. The minimum atomic E-state index is -0.879. The largest absolute Gasteiger partial charge is 0.496 e. The number of hydrazone groups is 1. The molecule has 25 heavy (non-hydrogen) atoms. The number of amides is 2. The second kappa shape index (κ2) is 8.30. The Labute approximate surface area is 150 Å². The van der Waals surface area contributed by atoms with Crippen molar-refractivity contribution in [2.45, 2.75) is 13.8 Å². The highest BCUT2D eigenvalue weighted by molar-refractivity contribution is 6.39. The van der Waals surface area contributed by atoms with Crippen molar-refractivity contribution in [1.29, 1.82) is 0 Å². The van der Waals surface area contributed by atoms with E-state index in [1.807, 2.05) is 19.9 Å². The van der Waals surface area contributed by atoms with Crippen LogP contribution in [0.15, 0.2) is 41.5 Å². The Hall–Kier alpha value is -2.86. The number of carbonyl (C=O) groups excluding carboxylic acids is 2. The van der Waals surface area contributed by atoms with E-state index in [4.69, 9.17) is 16.3 Å². The number of nitrogens with zero attached hydrogens (tertiary/aromatic N) is 1. The predicted molar refractivity (Wildman–Crippen MR) is 98.3 cm³/mol. The molecule has 2 aromatic carbocycles. The average molecular weight is 360 g/mol. The molecular formula is C18H18ClN3O3. The van der Waals surface area contributed by atoms with Gasteiger partial charge in [0.25, 0.3) is 0 Å². The molecule has 0 atom stereocenters. The van der Waals surface area contributed by atoms with Crippen molar-refractivity contribution in [1.82, 2.24) is 5.43 Å². The molecule has 6 nitrogen and oxygen atoms in total. The van der Waals surface area contributed by atoms with Crippen LogP contribution in [0.1, 0.15) is 16.7 Å². The zero-order chi connectivity index (χ0) is 18.4. The highest BCUT2D eigenvalue weighted by atomic mass is 35.5. The number of rotatable bonds is 4. The summed E-state index contributed by atoms with van der Waals surface area (Å²) in [4.78, 5) is 23.7. The Morgan fingerprint density at radius 1 is 1.08 bits per heavy atom. The van der Waals surface area contributed by atoms with E-state index >= 15 is 0 Å². The van der Waals surface area contributed by atoms with Gasteiger partial charge in [0.05, 0.1) is 13.3 Å². The van der Waals surface area contributed by atoms with E-state index in [0.717, 1.165) is 11.1 Å². The first-order chi connectivity index (χ1) is 11.9. The van der Waals surface area contributed by atoms with Crippen LogP contribution in [-0.2, 0) is 9.59 Å². The van der Waals surface area contributed by atoms with Crippen LogP contribution in [0.4, 0.5) is 5.69 Å². The first-order valence-corrected chi connectivity index (χ1v) is 7.83. The summed E-state index contributed by atoms with van der Waals surface area (Å²) >= 11 is 5.91. The third-order valence-corrected chi connectivity index (χ3v) is 3.77. The summed E-state index contributed by atoms with van der Waals surface area (Å²) in [5.41, 5.74) is 5.40. The van der Waals surface area contributed by atoms with E-state index in [2.05, 4.69) is 15.8 Å². The van der Waals surface area contributed by atoms with Gasteiger partial charge in [0.1, 0.15) is 5.75 Å². The molecule has 0 aromatic heterocycles. The normalized spacial score (nSPS) is 10.6. The van der Waals surface area contributed by atoms with Gasteiger partial charge in [0.2, 0.25) is 0 Å². The van der Waals surface area contributed by atoms with Crippen molar-refractivity contribution < 1.29 is 14.3 Å². The van der Waals surface area contributed by atoms with Crippen molar-refractivity contribution in [3.8, 4) is 5.75 Å². The minimum absolute atomic E-state index is 0.501. The van der Waals surface area contributed by atoms with Crippen molar-refractivity contribution in [2.75, 3.05) is 12.4 Å². The monoisotopic (exact) mass is 359 g/mol.